The number of hydrogen-bond acceptors (Lipinski definition) is 10. The first kappa shape index (κ1) is 31.0. The van der Waals surface area contributed by atoms with E-state index >= 15 is 0 Å². The van der Waals surface area contributed by atoms with Crippen LogP contribution in [0.4, 0.5) is 16.3 Å². The van der Waals surface area contributed by atoms with Gasteiger partial charge in [0, 0.05) is 48.9 Å². The van der Waals surface area contributed by atoms with E-state index in [9.17, 15) is 14.9 Å². The van der Waals surface area contributed by atoms with Crippen LogP contribution in [0.5, 0.6) is 6.01 Å². The predicted molar refractivity (Wildman–Crippen MR) is 177 cm³/mol. The van der Waals surface area contributed by atoms with Gasteiger partial charge in [0.2, 0.25) is 0 Å². The molecule has 2 amide bonds. The number of hydrogen-bond donors (Lipinski definition) is 0. The number of urea groups is 1. The van der Waals surface area contributed by atoms with Gasteiger partial charge >= 0.3 is 18.0 Å². The first-order valence-electron chi connectivity index (χ1n) is 16.6. The Morgan fingerprint density at radius 3 is 2.60 bits per heavy atom. The number of anilines is 2. The van der Waals surface area contributed by atoms with Crippen molar-refractivity contribution in [2.24, 2.45) is 0 Å². The van der Waals surface area contributed by atoms with E-state index in [1.165, 1.54) is 34.0 Å². The number of aryl methyl sites for hydroxylation is 1. The summed E-state index contributed by atoms with van der Waals surface area (Å²) in [6.45, 7) is 6.94. The molecule has 4 aliphatic rings. The van der Waals surface area contributed by atoms with Crippen molar-refractivity contribution in [3.05, 3.63) is 53.2 Å². The molecule has 12 nitrogen and oxygen atoms in total. The maximum absolute atomic E-state index is 13.4. The number of ether oxygens (including phenoxy) is 2. The molecule has 0 aliphatic carbocycles. The third kappa shape index (κ3) is 6.00. The lowest BCUT2D eigenvalue weighted by molar-refractivity contribution is -0.140. The minimum atomic E-state index is -0.547. The average Bonchev–Trinajstić information content (AvgIpc) is 3.79. The van der Waals surface area contributed by atoms with Crippen molar-refractivity contribution in [3.63, 3.8) is 0 Å². The minimum absolute atomic E-state index is 0.178. The lowest BCUT2D eigenvalue weighted by atomic mass is 9.99. The number of nitriles is 1. The van der Waals surface area contributed by atoms with E-state index < -0.39 is 12.0 Å². The summed E-state index contributed by atoms with van der Waals surface area (Å²) < 4.78 is 11.2. The number of fused-ring (bicyclic) bond motifs is 2. The van der Waals surface area contributed by atoms with Crippen LogP contribution in [0.2, 0.25) is 0 Å². The van der Waals surface area contributed by atoms with Gasteiger partial charge in [0.25, 0.3) is 0 Å². The zero-order valence-electron chi connectivity index (χ0n) is 27.4. The van der Waals surface area contributed by atoms with Crippen LogP contribution < -0.4 is 14.5 Å². The molecular weight excluding hydrogens is 596 g/mol. The van der Waals surface area contributed by atoms with Crippen LogP contribution in [0.15, 0.2) is 36.4 Å². The lowest BCUT2D eigenvalue weighted by Crippen LogP contribution is -2.57. The van der Waals surface area contributed by atoms with Crippen molar-refractivity contribution in [1.29, 1.82) is 5.26 Å². The quantitative estimate of drug-likeness (QED) is 0.282. The van der Waals surface area contributed by atoms with Gasteiger partial charge in [-0.25, -0.2) is 9.59 Å². The summed E-state index contributed by atoms with van der Waals surface area (Å²) in [6.07, 6.45) is 3.18. The van der Waals surface area contributed by atoms with Crippen molar-refractivity contribution >= 4 is 34.3 Å². The van der Waals surface area contributed by atoms with Gasteiger partial charge < -0.3 is 34.0 Å². The van der Waals surface area contributed by atoms with Crippen LogP contribution in [0.1, 0.15) is 36.1 Å². The summed E-state index contributed by atoms with van der Waals surface area (Å²) in [4.78, 5) is 45.6. The number of aromatic nitrogens is 2. The number of methoxy groups -OCH3 is 1. The molecule has 3 atom stereocenters. The van der Waals surface area contributed by atoms with Crippen molar-refractivity contribution in [1.82, 2.24) is 24.7 Å². The average molecular weight is 639 g/mol. The van der Waals surface area contributed by atoms with Crippen LogP contribution in [-0.2, 0) is 22.5 Å². The number of piperazine rings is 1. The molecule has 5 heterocycles. The maximum Gasteiger partial charge on any atom is 0.330 e. The third-order valence-electron chi connectivity index (χ3n) is 10.2. The standard InChI is InChI=1S/C35H42N8O4/c1-23-7-4-8-24-9-5-11-29(31(23)24)40-16-13-27-28(20-40)37-34(47-22-26-10-6-15-39(26)2)38-32(27)41-17-18-42(25(19-41)12-14-36)35(45)43-21-30(43)33(44)46-3/h4-5,7-9,11,25-26,30H,6,10,12-13,15-22H2,1-3H3/t25-,26-,30+,43?/m0/s1. The molecule has 12 heteroatoms. The fraction of sp³-hybridized carbons (Fsp3) is 0.514. The highest BCUT2D eigenvalue weighted by molar-refractivity contribution is 5.97. The van der Waals surface area contributed by atoms with Crippen molar-refractivity contribution in [3.8, 4) is 12.1 Å². The summed E-state index contributed by atoms with van der Waals surface area (Å²) >= 11 is 0. The van der Waals surface area contributed by atoms with E-state index in [1.807, 2.05) is 0 Å². The molecule has 7 rings (SSSR count). The largest absolute Gasteiger partial charge is 0.467 e. The van der Waals surface area contributed by atoms with Crippen molar-refractivity contribution in [2.75, 3.05) is 69.8 Å². The predicted octanol–water partition coefficient (Wildman–Crippen LogP) is 3.36. The normalized spacial score (nSPS) is 22.6. The van der Waals surface area contributed by atoms with Gasteiger partial charge in [-0.1, -0.05) is 30.3 Å². The molecule has 0 bridgehead atoms. The number of carbonyl (C=O) groups is 2. The second-order valence-electron chi connectivity index (χ2n) is 13.1. The third-order valence-corrected chi connectivity index (χ3v) is 10.2. The number of esters is 1. The highest BCUT2D eigenvalue weighted by Crippen LogP contribution is 2.36. The zero-order valence-corrected chi connectivity index (χ0v) is 27.4. The van der Waals surface area contributed by atoms with Gasteiger partial charge in [-0.15, -0.1) is 0 Å². The molecule has 3 aromatic rings. The van der Waals surface area contributed by atoms with Crippen LogP contribution >= 0.6 is 0 Å². The molecule has 0 radical (unpaired) electrons. The number of likely N-dealkylation sites (N-methyl/N-ethyl adjacent to an activating group) is 1. The number of amides is 2. The minimum Gasteiger partial charge on any atom is -0.467 e. The van der Waals surface area contributed by atoms with Gasteiger partial charge in [0.15, 0.2) is 0 Å². The van der Waals surface area contributed by atoms with Gasteiger partial charge in [-0.3, -0.25) is 0 Å². The number of benzene rings is 2. The van der Waals surface area contributed by atoms with Crippen molar-refractivity contribution in [2.45, 2.75) is 57.3 Å². The van der Waals surface area contributed by atoms with Gasteiger partial charge in [-0.05, 0) is 56.8 Å². The Morgan fingerprint density at radius 1 is 1.00 bits per heavy atom. The number of likely N-dealkylation sites (tertiary alicyclic amines) is 1. The Hall–Kier alpha value is -4.63. The molecular formula is C35H42N8O4. The molecule has 0 saturated carbocycles. The maximum atomic E-state index is 13.4. The summed E-state index contributed by atoms with van der Waals surface area (Å²) in [5.74, 6) is 0.415. The molecule has 0 N–H and O–H groups in total. The van der Waals surface area contributed by atoms with E-state index in [0.29, 0.717) is 51.4 Å². The van der Waals surface area contributed by atoms with Gasteiger partial charge in [-0.2, -0.15) is 15.2 Å². The first-order valence-corrected chi connectivity index (χ1v) is 16.6. The Balaban J connectivity index is 1.18. The summed E-state index contributed by atoms with van der Waals surface area (Å²) in [6, 6.07) is 14.7. The number of rotatable bonds is 7. The number of carbonyl (C=O) groups excluding carboxylic acids is 2. The van der Waals surface area contributed by atoms with Crippen LogP contribution in [0, 0.1) is 18.3 Å². The van der Waals surface area contributed by atoms with Crippen molar-refractivity contribution < 1.29 is 19.1 Å². The van der Waals surface area contributed by atoms with E-state index in [2.05, 4.69) is 71.1 Å². The van der Waals surface area contributed by atoms with E-state index in [4.69, 9.17) is 19.4 Å². The summed E-state index contributed by atoms with van der Waals surface area (Å²) in [5.41, 5.74) is 4.48. The van der Waals surface area contributed by atoms with E-state index in [-0.39, 0.29) is 18.5 Å². The fourth-order valence-electron chi connectivity index (χ4n) is 7.48. The zero-order chi connectivity index (χ0) is 32.7. The molecule has 0 unspecified atom stereocenters. The Bertz CT molecular complexity index is 1720. The summed E-state index contributed by atoms with van der Waals surface area (Å²) in [5, 5.41) is 12.2. The molecule has 3 fully saturated rings. The Morgan fingerprint density at radius 2 is 1.83 bits per heavy atom. The second-order valence-corrected chi connectivity index (χ2v) is 13.1. The highest BCUT2D eigenvalue weighted by Gasteiger charge is 2.48. The molecule has 47 heavy (non-hydrogen) atoms. The topological polar surface area (TPSA) is 118 Å². The van der Waals surface area contributed by atoms with Crippen LogP contribution in [-0.4, -0.2) is 115 Å². The first-order chi connectivity index (χ1) is 22.9. The van der Waals surface area contributed by atoms with Gasteiger partial charge in [0.1, 0.15) is 18.5 Å². The van der Waals surface area contributed by atoms with Crippen LogP contribution in [0.3, 0.4) is 0 Å². The van der Waals surface area contributed by atoms with Gasteiger partial charge in [0.05, 0.1) is 44.4 Å². The highest BCUT2D eigenvalue weighted by atomic mass is 16.5. The number of nitrogens with zero attached hydrogens (tertiary/aromatic N) is 8. The van der Waals surface area contributed by atoms with E-state index in [0.717, 1.165) is 49.4 Å². The van der Waals surface area contributed by atoms with Crippen LogP contribution in [0.25, 0.3) is 10.8 Å². The molecule has 3 saturated heterocycles. The molecule has 0 spiro atoms. The van der Waals surface area contributed by atoms with E-state index in [1.54, 1.807) is 4.90 Å². The smallest absolute Gasteiger partial charge is 0.330 e. The second kappa shape index (κ2) is 12.9. The molecule has 4 aliphatic heterocycles. The fourth-order valence-corrected chi connectivity index (χ4v) is 7.48. The summed E-state index contributed by atoms with van der Waals surface area (Å²) in [7, 11) is 3.46. The Kier molecular flexibility index (Phi) is 8.49. The molecule has 246 valence electrons. The molecule has 2 aromatic carbocycles. The monoisotopic (exact) mass is 638 g/mol. The lowest BCUT2D eigenvalue weighted by Gasteiger charge is -2.42. The Labute approximate surface area is 275 Å². The molecule has 1 aromatic heterocycles. The SMILES string of the molecule is COC(=O)[C@H]1CN1C(=O)N1CCN(c2nc(OC[C@@H]3CCCN3C)nc3c2CCN(c2cccc4cccc(C)c24)C3)C[C@@H]1CC#N.